The topological polar surface area (TPSA) is 38.1 Å². The molecule has 4 heteroatoms. The number of hydrogen-bond acceptors (Lipinski definition) is 2. The number of para-hydroxylation sites is 2. The zero-order valence-electron chi connectivity index (χ0n) is 16.7. The fraction of sp³-hybridized carbons (Fsp3) is 0.417. The first-order valence-electron chi connectivity index (χ1n) is 10.5. The average molecular weight is 376 g/mol. The second-order valence-electron chi connectivity index (χ2n) is 7.88. The number of aryl methyl sites for hydroxylation is 2. The fourth-order valence-electron chi connectivity index (χ4n) is 4.31. The first-order chi connectivity index (χ1) is 13.7. The lowest BCUT2D eigenvalue weighted by Gasteiger charge is -2.31. The van der Waals surface area contributed by atoms with Gasteiger partial charge in [0.25, 0.3) is 0 Å². The van der Waals surface area contributed by atoms with Crippen molar-refractivity contribution in [2.75, 3.05) is 7.05 Å². The summed E-state index contributed by atoms with van der Waals surface area (Å²) in [5.41, 5.74) is 3.32. The van der Waals surface area contributed by atoms with Crippen LogP contribution < -0.4 is 0 Å². The molecular formula is C24H29N3O. The Morgan fingerprint density at radius 3 is 2.50 bits per heavy atom. The van der Waals surface area contributed by atoms with Crippen LogP contribution in [-0.4, -0.2) is 33.4 Å². The molecule has 1 aromatic heterocycles. The summed E-state index contributed by atoms with van der Waals surface area (Å²) < 4.78 is 2.12. The lowest BCUT2D eigenvalue weighted by atomic mass is 9.94. The SMILES string of the molecule is CN(C(=O)Cn1c(CCc2ccccc2)nc2ccccc21)C1CCCCC1. The summed E-state index contributed by atoms with van der Waals surface area (Å²) in [6.07, 6.45) is 7.79. The lowest BCUT2D eigenvalue weighted by molar-refractivity contribution is -0.133. The van der Waals surface area contributed by atoms with E-state index in [1.54, 1.807) is 0 Å². The predicted octanol–water partition coefficient (Wildman–Crippen LogP) is 4.61. The van der Waals surface area contributed by atoms with Crippen LogP contribution in [0.3, 0.4) is 0 Å². The third kappa shape index (κ3) is 4.11. The van der Waals surface area contributed by atoms with E-state index in [9.17, 15) is 4.79 Å². The van der Waals surface area contributed by atoms with Crippen molar-refractivity contribution in [3.63, 3.8) is 0 Å². The predicted molar refractivity (Wildman–Crippen MR) is 113 cm³/mol. The third-order valence-electron chi connectivity index (χ3n) is 6.02. The summed E-state index contributed by atoms with van der Waals surface area (Å²) in [6, 6.07) is 19.0. The number of rotatable bonds is 6. The normalized spacial score (nSPS) is 15.0. The summed E-state index contributed by atoms with van der Waals surface area (Å²) in [5, 5.41) is 0. The molecular weight excluding hydrogens is 346 g/mol. The second kappa shape index (κ2) is 8.59. The van der Waals surface area contributed by atoms with Crippen molar-refractivity contribution in [3.05, 3.63) is 66.0 Å². The van der Waals surface area contributed by atoms with Gasteiger partial charge in [0, 0.05) is 19.5 Å². The zero-order valence-corrected chi connectivity index (χ0v) is 16.7. The van der Waals surface area contributed by atoms with Crippen LogP contribution in [0.5, 0.6) is 0 Å². The number of imidazole rings is 1. The minimum Gasteiger partial charge on any atom is -0.341 e. The van der Waals surface area contributed by atoms with Crippen molar-refractivity contribution in [3.8, 4) is 0 Å². The number of hydrogen-bond donors (Lipinski definition) is 0. The molecule has 0 spiro atoms. The van der Waals surface area contributed by atoms with Crippen molar-refractivity contribution < 1.29 is 4.79 Å². The first-order valence-corrected chi connectivity index (χ1v) is 10.5. The molecule has 28 heavy (non-hydrogen) atoms. The van der Waals surface area contributed by atoms with Crippen LogP contribution in [0.25, 0.3) is 11.0 Å². The van der Waals surface area contributed by atoms with E-state index in [0.29, 0.717) is 12.6 Å². The molecule has 0 radical (unpaired) electrons. The highest BCUT2D eigenvalue weighted by Gasteiger charge is 2.23. The van der Waals surface area contributed by atoms with Gasteiger partial charge < -0.3 is 9.47 Å². The molecule has 2 aromatic carbocycles. The van der Waals surface area contributed by atoms with Gasteiger partial charge in [-0.1, -0.05) is 61.7 Å². The van der Waals surface area contributed by atoms with Crippen LogP contribution >= 0.6 is 0 Å². The van der Waals surface area contributed by atoms with Gasteiger partial charge in [0.15, 0.2) is 0 Å². The van der Waals surface area contributed by atoms with Gasteiger partial charge in [0.05, 0.1) is 11.0 Å². The van der Waals surface area contributed by atoms with Crippen molar-refractivity contribution in [1.82, 2.24) is 14.5 Å². The molecule has 0 saturated heterocycles. The Morgan fingerprint density at radius 1 is 1.00 bits per heavy atom. The molecule has 1 aliphatic rings. The molecule has 0 unspecified atom stereocenters. The van der Waals surface area contributed by atoms with Gasteiger partial charge in [-0.15, -0.1) is 0 Å². The summed E-state index contributed by atoms with van der Waals surface area (Å²) >= 11 is 0. The Hall–Kier alpha value is -2.62. The maximum absolute atomic E-state index is 13.1. The molecule has 0 N–H and O–H groups in total. The highest BCUT2D eigenvalue weighted by molar-refractivity contribution is 5.81. The fourth-order valence-corrected chi connectivity index (χ4v) is 4.31. The molecule has 1 heterocycles. The van der Waals surface area contributed by atoms with Gasteiger partial charge in [0.1, 0.15) is 12.4 Å². The number of benzene rings is 2. The number of nitrogens with zero attached hydrogens (tertiary/aromatic N) is 3. The van der Waals surface area contributed by atoms with E-state index in [-0.39, 0.29) is 5.91 Å². The highest BCUT2D eigenvalue weighted by atomic mass is 16.2. The number of aromatic nitrogens is 2. The molecule has 4 rings (SSSR count). The Balaban J connectivity index is 1.55. The van der Waals surface area contributed by atoms with E-state index in [4.69, 9.17) is 4.98 Å². The van der Waals surface area contributed by atoms with Crippen LogP contribution in [0, 0.1) is 0 Å². The number of carbonyl (C=O) groups is 1. The molecule has 0 aliphatic heterocycles. The summed E-state index contributed by atoms with van der Waals surface area (Å²) in [5.74, 6) is 1.19. The zero-order chi connectivity index (χ0) is 19.3. The molecule has 3 aromatic rings. The van der Waals surface area contributed by atoms with Gasteiger partial charge >= 0.3 is 0 Å². The largest absolute Gasteiger partial charge is 0.341 e. The lowest BCUT2D eigenvalue weighted by Crippen LogP contribution is -2.40. The van der Waals surface area contributed by atoms with Gasteiger partial charge in [-0.3, -0.25) is 4.79 Å². The van der Waals surface area contributed by atoms with E-state index in [0.717, 1.165) is 42.5 Å². The van der Waals surface area contributed by atoms with E-state index in [1.807, 2.05) is 36.2 Å². The number of amides is 1. The standard InChI is InChI=1S/C24H29N3O/c1-26(20-12-6-3-7-13-20)24(28)18-27-22-15-9-8-14-21(22)25-23(27)17-16-19-10-4-2-5-11-19/h2,4-5,8-11,14-15,20H,3,6-7,12-13,16-18H2,1H3. The van der Waals surface area contributed by atoms with Crippen LogP contribution in [0.2, 0.25) is 0 Å². The minimum atomic E-state index is 0.191. The van der Waals surface area contributed by atoms with Gasteiger partial charge in [-0.25, -0.2) is 4.98 Å². The smallest absolute Gasteiger partial charge is 0.242 e. The first kappa shape index (κ1) is 18.7. The van der Waals surface area contributed by atoms with Crippen molar-refractivity contribution in [2.45, 2.75) is 57.5 Å². The Morgan fingerprint density at radius 2 is 1.71 bits per heavy atom. The van der Waals surface area contributed by atoms with Crippen LogP contribution in [0.15, 0.2) is 54.6 Å². The van der Waals surface area contributed by atoms with Gasteiger partial charge in [-0.2, -0.15) is 0 Å². The highest BCUT2D eigenvalue weighted by Crippen LogP contribution is 2.23. The van der Waals surface area contributed by atoms with E-state index in [2.05, 4.69) is 34.9 Å². The summed E-state index contributed by atoms with van der Waals surface area (Å²) in [7, 11) is 1.97. The summed E-state index contributed by atoms with van der Waals surface area (Å²) in [4.78, 5) is 19.9. The minimum absolute atomic E-state index is 0.191. The molecule has 4 nitrogen and oxygen atoms in total. The van der Waals surface area contributed by atoms with Gasteiger partial charge in [-0.05, 0) is 37.0 Å². The van der Waals surface area contributed by atoms with E-state index < -0.39 is 0 Å². The number of carbonyl (C=O) groups excluding carboxylic acids is 1. The molecule has 146 valence electrons. The molecule has 1 amide bonds. The van der Waals surface area contributed by atoms with Crippen molar-refractivity contribution in [2.24, 2.45) is 0 Å². The summed E-state index contributed by atoms with van der Waals surface area (Å²) in [6.45, 7) is 0.373. The Kier molecular flexibility index (Phi) is 5.75. The maximum atomic E-state index is 13.1. The average Bonchev–Trinajstić information content (AvgIpc) is 3.10. The van der Waals surface area contributed by atoms with Gasteiger partial charge in [0.2, 0.25) is 5.91 Å². The van der Waals surface area contributed by atoms with Crippen molar-refractivity contribution >= 4 is 16.9 Å². The molecule has 1 saturated carbocycles. The number of likely N-dealkylation sites (N-methyl/N-ethyl adjacent to an activating group) is 1. The Labute approximate surface area is 167 Å². The molecule has 0 atom stereocenters. The quantitative estimate of drug-likeness (QED) is 0.631. The van der Waals surface area contributed by atoms with Crippen LogP contribution in [-0.2, 0) is 24.2 Å². The van der Waals surface area contributed by atoms with Crippen LogP contribution in [0.4, 0.5) is 0 Å². The molecule has 1 fully saturated rings. The molecule has 1 aliphatic carbocycles. The second-order valence-corrected chi connectivity index (χ2v) is 7.88. The van der Waals surface area contributed by atoms with Crippen LogP contribution in [0.1, 0.15) is 43.5 Å². The van der Waals surface area contributed by atoms with E-state index in [1.165, 1.54) is 24.8 Å². The van der Waals surface area contributed by atoms with E-state index >= 15 is 0 Å². The third-order valence-corrected chi connectivity index (χ3v) is 6.02. The molecule has 0 bridgehead atoms. The number of fused-ring (bicyclic) bond motifs is 1. The monoisotopic (exact) mass is 375 g/mol. The Bertz CT molecular complexity index is 925. The van der Waals surface area contributed by atoms with Crippen molar-refractivity contribution in [1.29, 1.82) is 0 Å². The maximum Gasteiger partial charge on any atom is 0.242 e.